The van der Waals surface area contributed by atoms with Crippen LogP contribution in [0.1, 0.15) is 15.9 Å². The van der Waals surface area contributed by atoms with Crippen LogP contribution in [0.3, 0.4) is 0 Å². The first-order valence-electron chi connectivity index (χ1n) is 6.94. The molecule has 1 heterocycles. The van der Waals surface area contributed by atoms with Gasteiger partial charge in [0.25, 0.3) is 0 Å². The summed E-state index contributed by atoms with van der Waals surface area (Å²) in [6.07, 6.45) is 7.04. The van der Waals surface area contributed by atoms with E-state index in [0.717, 1.165) is 11.3 Å². The van der Waals surface area contributed by atoms with Crippen LogP contribution in [0.25, 0.3) is 11.8 Å². The van der Waals surface area contributed by atoms with Crippen LogP contribution < -0.4 is 0 Å². The number of hydrogen-bond acceptors (Lipinski definition) is 1. The number of halogens is 1. The van der Waals surface area contributed by atoms with Gasteiger partial charge >= 0.3 is 0 Å². The predicted octanol–water partition coefficient (Wildman–Crippen LogP) is 4.51. The first-order valence-corrected chi connectivity index (χ1v) is 6.94. The highest BCUT2D eigenvalue weighted by Gasteiger charge is 2.03. The molecule has 2 aromatic carbocycles. The van der Waals surface area contributed by atoms with Gasteiger partial charge in [0, 0.05) is 23.6 Å². The van der Waals surface area contributed by atoms with Gasteiger partial charge in [-0.15, -0.1) is 0 Å². The number of rotatable bonds is 4. The molecule has 0 atom stereocenters. The van der Waals surface area contributed by atoms with Crippen LogP contribution in [0.2, 0.25) is 0 Å². The molecule has 0 aliphatic rings. The lowest BCUT2D eigenvalue weighted by Gasteiger charge is -2.04. The van der Waals surface area contributed by atoms with Crippen LogP contribution in [-0.4, -0.2) is 10.4 Å². The monoisotopic (exact) mass is 291 g/mol. The van der Waals surface area contributed by atoms with Crippen LogP contribution >= 0.6 is 0 Å². The normalized spacial score (nSPS) is 11.0. The lowest BCUT2D eigenvalue weighted by molar-refractivity contribution is 0.104. The van der Waals surface area contributed by atoms with E-state index in [1.165, 1.54) is 18.2 Å². The van der Waals surface area contributed by atoms with Gasteiger partial charge in [-0.05, 0) is 48.0 Å². The zero-order valence-corrected chi connectivity index (χ0v) is 11.8. The molecule has 0 spiro atoms. The molecule has 0 radical (unpaired) electrons. The van der Waals surface area contributed by atoms with Crippen molar-refractivity contribution in [2.24, 2.45) is 0 Å². The molecule has 0 fully saturated rings. The van der Waals surface area contributed by atoms with Crippen LogP contribution in [-0.2, 0) is 0 Å². The fourth-order valence-electron chi connectivity index (χ4n) is 2.17. The van der Waals surface area contributed by atoms with E-state index in [4.69, 9.17) is 0 Å². The molecule has 3 aromatic rings. The minimum atomic E-state index is -0.289. The molecule has 0 saturated heterocycles. The Morgan fingerprint density at radius 3 is 2.41 bits per heavy atom. The zero-order chi connectivity index (χ0) is 15.4. The molecule has 108 valence electrons. The van der Waals surface area contributed by atoms with Crippen molar-refractivity contribution in [1.82, 2.24) is 4.57 Å². The van der Waals surface area contributed by atoms with Crippen LogP contribution in [0.4, 0.5) is 4.39 Å². The summed E-state index contributed by atoms with van der Waals surface area (Å²) < 4.78 is 14.8. The van der Waals surface area contributed by atoms with Gasteiger partial charge in [-0.3, -0.25) is 4.79 Å². The first-order chi connectivity index (χ1) is 10.7. The molecular formula is C19H14FNO. The minimum Gasteiger partial charge on any atom is -0.324 e. The van der Waals surface area contributed by atoms with E-state index in [2.05, 4.69) is 0 Å². The fourth-order valence-corrected chi connectivity index (χ4v) is 2.17. The summed E-state index contributed by atoms with van der Waals surface area (Å²) in [5, 5.41) is 0. The van der Waals surface area contributed by atoms with Gasteiger partial charge in [0.2, 0.25) is 0 Å². The third kappa shape index (κ3) is 3.20. The van der Waals surface area contributed by atoms with E-state index in [1.807, 2.05) is 47.3 Å². The van der Waals surface area contributed by atoms with Crippen molar-refractivity contribution >= 4 is 11.9 Å². The highest BCUT2D eigenvalue weighted by molar-refractivity contribution is 6.07. The average Bonchev–Trinajstić information content (AvgIpc) is 3.09. The quantitative estimate of drug-likeness (QED) is 0.512. The van der Waals surface area contributed by atoms with Gasteiger partial charge in [0.05, 0.1) is 0 Å². The largest absolute Gasteiger partial charge is 0.324 e. The number of carbonyl (C=O) groups excluding carboxylic acids is 1. The molecule has 0 amide bonds. The molecule has 2 nitrogen and oxygen atoms in total. The SMILES string of the molecule is O=C(/C=C/c1ccc(F)cc1)c1cccc(-n2cccc2)c1. The van der Waals surface area contributed by atoms with Crippen molar-refractivity contribution < 1.29 is 9.18 Å². The molecular weight excluding hydrogens is 277 g/mol. The molecule has 22 heavy (non-hydrogen) atoms. The Bertz CT molecular complexity index is 802. The van der Waals surface area contributed by atoms with Gasteiger partial charge in [-0.1, -0.05) is 30.3 Å². The number of nitrogens with zero attached hydrogens (tertiary/aromatic N) is 1. The number of carbonyl (C=O) groups is 1. The molecule has 0 saturated carbocycles. The predicted molar refractivity (Wildman–Crippen MR) is 85.5 cm³/mol. The van der Waals surface area contributed by atoms with Crippen molar-refractivity contribution in [3.8, 4) is 5.69 Å². The number of hydrogen-bond donors (Lipinski definition) is 0. The topological polar surface area (TPSA) is 22.0 Å². The van der Waals surface area contributed by atoms with Crippen molar-refractivity contribution in [2.75, 3.05) is 0 Å². The Morgan fingerprint density at radius 1 is 0.955 bits per heavy atom. The fraction of sp³-hybridized carbons (Fsp3) is 0. The smallest absolute Gasteiger partial charge is 0.185 e. The lowest BCUT2D eigenvalue weighted by Crippen LogP contribution is -1.97. The van der Waals surface area contributed by atoms with E-state index >= 15 is 0 Å². The Morgan fingerprint density at radius 2 is 1.68 bits per heavy atom. The number of benzene rings is 2. The highest BCUT2D eigenvalue weighted by atomic mass is 19.1. The van der Waals surface area contributed by atoms with E-state index in [0.29, 0.717) is 5.56 Å². The van der Waals surface area contributed by atoms with Crippen LogP contribution in [0.15, 0.2) is 79.1 Å². The van der Waals surface area contributed by atoms with Gasteiger partial charge in [0.15, 0.2) is 5.78 Å². The minimum absolute atomic E-state index is 0.0849. The average molecular weight is 291 g/mol. The summed E-state index contributed by atoms with van der Waals surface area (Å²) in [6.45, 7) is 0. The van der Waals surface area contributed by atoms with Crippen LogP contribution in [0, 0.1) is 5.82 Å². The maximum absolute atomic E-state index is 12.8. The Kier molecular flexibility index (Phi) is 3.97. The van der Waals surface area contributed by atoms with Crippen molar-refractivity contribution in [2.45, 2.75) is 0 Å². The van der Waals surface area contributed by atoms with Crippen molar-refractivity contribution in [3.05, 3.63) is 96.1 Å². The summed E-state index contributed by atoms with van der Waals surface area (Å²) in [5.74, 6) is -0.374. The Balaban J connectivity index is 1.80. The maximum atomic E-state index is 12.8. The summed E-state index contributed by atoms with van der Waals surface area (Å²) in [4.78, 5) is 12.2. The number of allylic oxidation sites excluding steroid dienone is 1. The van der Waals surface area contributed by atoms with Crippen molar-refractivity contribution in [3.63, 3.8) is 0 Å². The van der Waals surface area contributed by atoms with Gasteiger partial charge < -0.3 is 4.57 Å². The summed E-state index contributed by atoms with van der Waals surface area (Å²) in [5.41, 5.74) is 2.34. The van der Waals surface area contributed by atoms with E-state index in [1.54, 1.807) is 24.3 Å². The van der Waals surface area contributed by atoms with E-state index in [9.17, 15) is 9.18 Å². The summed E-state index contributed by atoms with van der Waals surface area (Å²) in [6, 6.07) is 17.3. The number of aromatic nitrogens is 1. The second-order valence-electron chi connectivity index (χ2n) is 4.89. The molecule has 3 heteroatoms. The first kappa shape index (κ1) is 14.0. The molecule has 0 bridgehead atoms. The standard InChI is InChI=1S/C19H14FNO/c20-17-9-6-15(7-10-17)8-11-19(22)16-4-3-5-18(14-16)21-12-1-2-13-21/h1-14H/b11-8+. The second kappa shape index (κ2) is 6.22. The molecule has 1 aromatic heterocycles. The van der Waals surface area contributed by atoms with Gasteiger partial charge in [0.1, 0.15) is 5.82 Å². The van der Waals surface area contributed by atoms with Crippen molar-refractivity contribution in [1.29, 1.82) is 0 Å². The van der Waals surface area contributed by atoms with E-state index < -0.39 is 0 Å². The lowest BCUT2D eigenvalue weighted by atomic mass is 10.1. The Hall–Kier alpha value is -2.94. The summed E-state index contributed by atoms with van der Waals surface area (Å²) in [7, 11) is 0. The van der Waals surface area contributed by atoms with Gasteiger partial charge in [-0.25, -0.2) is 4.39 Å². The maximum Gasteiger partial charge on any atom is 0.185 e. The number of ketones is 1. The summed E-state index contributed by atoms with van der Waals surface area (Å²) >= 11 is 0. The van der Waals surface area contributed by atoms with E-state index in [-0.39, 0.29) is 11.6 Å². The Labute approximate surface area is 128 Å². The molecule has 0 aliphatic carbocycles. The zero-order valence-electron chi connectivity index (χ0n) is 11.8. The van der Waals surface area contributed by atoms with Crippen LogP contribution in [0.5, 0.6) is 0 Å². The molecule has 0 aliphatic heterocycles. The second-order valence-corrected chi connectivity index (χ2v) is 4.89. The third-order valence-electron chi connectivity index (χ3n) is 3.33. The molecule has 0 N–H and O–H groups in total. The highest BCUT2D eigenvalue weighted by Crippen LogP contribution is 2.13. The molecule has 3 rings (SSSR count). The molecule has 0 unspecified atom stereocenters. The van der Waals surface area contributed by atoms with Gasteiger partial charge in [-0.2, -0.15) is 0 Å². The third-order valence-corrected chi connectivity index (χ3v) is 3.33.